The van der Waals surface area contributed by atoms with Gasteiger partial charge in [-0.05, 0) is 38.1 Å². The maximum atomic E-state index is 5.77. The van der Waals surface area contributed by atoms with Crippen LogP contribution in [0.4, 0.5) is 0 Å². The van der Waals surface area contributed by atoms with Gasteiger partial charge in [-0.2, -0.15) is 0 Å². The van der Waals surface area contributed by atoms with Crippen molar-refractivity contribution in [1.29, 1.82) is 0 Å². The molecule has 2 unspecified atom stereocenters. The van der Waals surface area contributed by atoms with Crippen molar-refractivity contribution in [2.45, 2.75) is 44.6 Å². The van der Waals surface area contributed by atoms with Gasteiger partial charge in [-0.3, -0.25) is 5.43 Å². The van der Waals surface area contributed by atoms with Crippen LogP contribution in [0.5, 0.6) is 0 Å². The fourth-order valence-electron chi connectivity index (χ4n) is 2.75. The molecule has 1 heterocycles. The van der Waals surface area contributed by atoms with Gasteiger partial charge in [0.25, 0.3) is 0 Å². The van der Waals surface area contributed by atoms with Crippen molar-refractivity contribution < 1.29 is 0 Å². The molecule has 3 heteroatoms. The number of piperidine rings is 1. The van der Waals surface area contributed by atoms with Gasteiger partial charge in [-0.25, -0.2) is 5.01 Å². The lowest BCUT2D eigenvalue weighted by molar-refractivity contribution is 0.116. The summed E-state index contributed by atoms with van der Waals surface area (Å²) in [6, 6.07) is 0.665. The number of nitrogens with zero attached hydrogens (tertiary/aromatic N) is 1. The summed E-state index contributed by atoms with van der Waals surface area (Å²) in [4.78, 5) is 0. The van der Waals surface area contributed by atoms with Crippen LogP contribution in [-0.2, 0) is 0 Å². The highest BCUT2D eigenvalue weighted by Crippen LogP contribution is 2.25. The highest BCUT2D eigenvalue weighted by atomic mass is 15.5. The normalized spacial score (nSPS) is 34.9. The van der Waals surface area contributed by atoms with E-state index in [-0.39, 0.29) is 0 Å². The highest BCUT2D eigenvalue weighted by molar-refractivity contribution is 4.83. The summed E-state index contributed by atoms with van der Waals surface area (Å²) in [6.07, 6.45) is 8.11. The van der Waals surface area contributed by atoms with Gasteiger partial charge in [0.1, 0.15) is 0 Å². The van der Waals surface area contributed by atoms with Crippen LogP contribution in [0.25, 0.3) is 0 Å². The van der Waals surface area contributed by atoms with Crippen LogP contribution in [0.1, 0.15) is 38.5 Å². The Bertz CT molecular complexity index is 166. The maximum absolute atomic E-state index is 5.77. The maximum Gasteiger partial charge on any atom is 0.0255 e. The molecular weight excluding hydrogens is 174 g/mol. The van der Waals surface area contributed by atoms with Crippen molar-refractivity contribution in [2.75, 3.05) is 19.6 Å². The summed E-state index contributed by atoms with van der Waals surface area (Å²) >= 11 is 0. The van der Waals surface area contributed by atoms with Crippen LogP contribution in [0.3, 0.4) is 0 Å². The molecule has 1 aliphatic heterocycles. The molecular formula is C11H23N3. The Morgan fingerprint density at radius 2 is 1.86 bits per heavy atom. The van der Waals surface area contributed by atoms with Crippen molar-refractivity contribution >= 4 is 0 Å². The number of nitrogens with one attached hydrogen (secondary N) is 1. The van der Waals surface area contributed by atoms with Gasteiger partial charge in [-0.1, -0.05) is 12.8 Å². The van der Waals surface area contributed by atoms with E-state index in [4.69, 9.17) is 5.73 Å². The summed E-state index contributed by atoms with van der Waals surface area (Å²) in [5.41, 5.74) is 9.44. The van der Waals surface area contributed by atoms with E-state index in [1.165, 1.54) is 51.6 Å². The van der Waals surface area contributed by atoms with Gasteiger partial charge < -0.3 is 5.73 Å². The first-order chi connectivity index (χ1) is 6.90. The predicted octanol–water partition coefficient (Wildman–Crippen LogP) is 1.10. The van der Waals surface area contributed by atoms with E-state index < -0.39 is 0 Å². The SMILES string of the molecule is NCC1CCCC1NN1CCCCC1. The molecule has 1 saturated carbocycles. The third kappa shape index (κ3) is 2.47. The first-order valence-electron chi connectivity index (χ1n) is 6.11. The highest BCUT2D eigenvalue weighted by Gasteiger charge is 2.27. The minimum Gasteiger partial charge on any atom is -0.330 e. The standard InChI is InChI=1S/C11H23N3/c12-9-10-5-4-6-11(10)13-14-7-2-1-3-8-14/h10-11,13H,1-9,12H2. The van der Waals surface area contributed by atoms with Crippen molar-refractivity contribution in [3.05, 3.63) is 0 Å². The van der Waals surface area contributed by atoms with Crippen molar-refractivity contribution in [1.82, 2.24) is 10.4 Å². The number of rotatable bonds is 3. The lowest BCUT2D eigenvalue weighted by Gasteiger charge is -2.32. The summed E-state index contributed by atoms with van der Waals surface area (Å²) in [5, 5.41) is 2.42. The molecule has 2 fully saturated rings. The van der Waals surface area contributed by atoms with Gasteiger partial charge in [0.05, 0.1) is 0 Å². The average molecular weight is 197 g/mol. The second kappa shape index (κ2) is 5.10. The third-order valence-corrected chi connectivity index (χ3v) is 3.67. The van der Waals surface area contributed by atoms with Crippen LogP contribution >= 0.6 is 0 Å². The molecule has 1 saturated heterocycles. The van der Waals surface area contributed by atoms with Gasteiger partial charge in [-0.15, -0.1) is 0 Å². The van der Waals surface area contributed by atoms with E-state index in [0.29, 0.717) is 6.04 Å². The average Bonchev–Trinajstić information content (AvgIpc) is 2.67. The predicted molar refractivity (Wildman–Crippen MR) is 58.7 cm³/mol. The molecule has 0 aromatic rings. The van der Waals surface area contributed by atoms with Crippen LogP contribution in [0.15, 0.2) is 0 Å². The molecule has 0 bridgehead atoms. The van der Waals surface area contributed by atoms with Gasteiger partial charge in [0.2, 0.25) is 0 Å². The number of hydrogen-bond donors (Lipinski definition) is 2. The number of hydrazine groups is 1. The first-order valence-corrected chi connectivity index (χ1v) is 6.11. The molecule has 0 aromatic carbocycles. The Morgan fingerprint density at radius 1 is 1.07 bits per heavy atom. The molecule has 2 rings (SSSR count). The molecule has 14 heavy (non-hydrogen) atoms. The lowest BCUT2D eigenvalue weighted by atomic mass is 10.0. The minimum atomic E-state index is 0.665. The summed E-state index contributed by atoms with van der Waals surface area (Å²) < 4.78 is 0. The Morgan fingerprint density at radius 3 is 2.57 bits per heavy atom. The molecule has 3 nitrogen and oxygen atoms in total. The van der Waals surface area contributed by atoms with E-state index in [9.17, 15) is 0 Å². The third-order valence-electron chi connectivity index (χ3n) is 3.67. The quantitative estimate of drug-likeness (QED) is 0.712. The molecule has 1 aliphatic carbocycles. The lowest BCUT2D eigenvalue weighted by Crippen LogP contribution is -2.49. The molecule has 0 amide bonds. The fraction of sp³-hybridized carbons (Fsp3) is 1.00. The number of hydrogen-bond acceptors (Lipinski definition) is 3. The Balaban J connectivity index is 1.77. The second-order valence-corrected chi connectivity index (χ2v) is 4.71. The Hall–Kier alpha value is -0.120. The van der Waals surface area contributed by atoms with Crippen molar-refractivity contribution in [3.8, 4) is 0 Å². The van der Waals surface area contributed by atoms with Crippen LogP contribution in [0.2, 0.25) is 0 Å². The fourth-order valence-corrected chi connectivity index (χ4v) is 2.75. The largest absolute Gasteiger partial charge is 0.330 e. The zero-order valence-corrected chi connectivity index (χ0v) is 9.04. The Kier molecular flexibility index (Phi) is 3.79. The summed E-state index contributed by atoms with van der Waals surface area (Å²) in [7, 11) is 0. The molecule has 2 atom stereocenters. The molecule has 3 N–H and O–H groups in total. The number of nitrogens with two attached hydrogens (primary N) is 1. The van der Waals surface area contributed by atoms with Crippen LogP contribution in [-0.4, -0.2) is 30.7 Å². The molecule has 0 aromatic heterocycles. The van der Waals surface area contributed by atoms with Crippen molar-refractivity contribution in [3.63, 3.8) is 0 Å². The van der Waals surface area contributed by atoms with Gasteiger partial charge in [0.15, 0.2) is 0 Å². The molecule has 0 spiro atoms. The molecule has 2 aliphatic rings. The summed E-state index contributed by atoms with van der Waals surface area (Å²) in [6.45, 7) is 3.31. The monoisotopic (exact) mass is 197 g/mol. The smallest absolute Gasteiger partial charge is 0.0255 e. The minimum absolute atomic E-state index is 0.665. The van der Waals surface area contributed by atoms with Crippen LogP contribution < -0.4 is 11.2 Å². The van der Waals surface area contributed by atoms with Gasteiger partial charge >= 0.3 is 0 Å². The van der Waals surface area contributed by atoms with Crippen LogP contribution in [0, 0.1) is 5.92 Å². The first kappa shape index (κ1) is 10.4. The zero-order chi connectivity index (χ0) is 9.80. The van der Waals surface area contributed by atoms with E-state index in [2.05, 4.69) is 10.4 Å². The van der Waals surface area contributed by atoms with E-state index in [1.54, 1.807) is 0 Å². The van der Waals surface area contributed by atoms with Crippen molar-refractivity contribution in [2.24, 2.45) is 11.7 Å². The summed E-state index contributed by atoms with van der Waals surface area (Å²) in [5.74, 6) is 0.719. The topological polar surface area (TPSA) is 41.3 Å². The van der Waals surface area contributed by atoms with Gasteiger partial charge in [0, 0.05) is 19.1 Å². The van der Waals surface area contributed by atoms with E-state index >= 15 is 0 Å². The second-order valence-electron chi connectivity index (χ2n) is 4.71. The molecule has 0 radical (unpaired) electrons. The van der Waals surface area contributed by atoms with E-state index in [1.807, 2.05) is 0 Å². The van der Waals surface area contributed by atoms with E-state index in [0.717, 1.165) is 12.5 Å². The zero-order valence-electron chi connectivity index (χ0n) is 9.04. The Labute approximate surface area is 87.0 Å². The molecule has 82 valence electrons.